The van der Waals surface area contributed by atoms with Gasteiger partial charge in [-0.2, -0.15) is 13.2 Å². The minimum absolute atomic E-state index is 0.133. The van der Waals surface area contributed by atoms with E-state index in [1.807, 2.05) is 0 Å². The number of aromatic carboxylic acids is 1. The number of aromatic nitrogens is 3. The maximum absolute atomic E-state index is 13.1. The third-order valence-electron chi connectivity index (χ3n) is 3.41. The Morgan fingerprint density at radius 3 is 2.38 bits per heavy atom. The minimum atomic E-state index is -4.80. The number of halogens is 4. The van der Waals surface area contributed by atoms with Crippen molar-refractivity contribution in [3.63, 3.8) is 0 Å². The smallest absolute Gasteiger partial charge is 0.453 e. The molecule has 1 aromatic carbocycles. The summed E-state index contributed by atoms with van der Waals surface area (Å²) < 4.78 is 52.4. The first-order valence-corrected chi connectivity index (χ1v) is 6.65. The van der Waals surface area contributed by atoms with Crippen LogP contribution < -0.4 is 0 Å². The maximum Gasteiger partial charge on any atom is 0.453 e. The van der Waals surface area contributed by atoms with E-state index >= 15 is 0 Å². The highest BCUT2D eigenvalue weighted by Gasteiger charge is 2.37. The summed E-state index contributed by atoms with van der Waals surface area (Å²) in [4.78, 5) is 15.0. The number of carboxylic acids is 1. The third kappa shape index (κ3) is 2.57. The molecule has 1 N–H and O–H groups in total. The highest BCUT2D eigenvalue weighted by molar-refractivity contribution is 6.02. The van der Waals surface area contributed by atoms with Gasteiger partial charge in [0.05, 0.1) is 0 Å². The number of alkyl halides is 3. The van der Waals surface area contributed by atoms with Crippen molar-refractivity contribution < 1.29 is 27.5 Å². The quantitative estimate of drug-likeness (QED) is 0.725. The maximum atomic E-state index is 13.1. The van der Waals surface area contributed by atoms with Crippen molar-refractivity contribution in [2.24, 2.45) is 0 Å². The zero-order valence-electron chi connectivity index (χ0n) is 12.1. The van der Waals surface area contributed by atoms with Gasteiger partial charge in [0.25, 0.3) is 5.82 Å². The summed E-state index contributed by atoms with van der Waals surface area (Å²) in [7, 11) is 0. The molecule has 2 aromatic heterocycles. The van der Waals surface area contributed by atoms with Crippen LogP contribution in [-0.4, -0.2) is 25.7 Å². The fourth-order valence-electron chi connectivity index (χ4n) is 2.37. The lowest BCUT2D eigenvalue weighted by Gasteiger charge is -2.09. The number of fused-ring (bicyclic) bond motifs is 1. The standard InChI is InChI=1S/C15H9F4N3O2/c1-7-6-10(8-2-4-9(16)5-3-8)11(13(23)24)12-20-14(15(17,18)19)21-22(7)12/h2-6H,1H3,(H,23,24). The molecule has 0 unspecified atom stereocenters. The topological polar surface area (TPSA) is 67.5 Å². The van der Waals surface area contributed by atoms with Crippen molar-refractivity contribution in [3.8, 4) is 11.1 Å². The molecule has 0 aliphatic rings. The summed E-state index contributed by atoms with van der Waals surface area (Å²) >= 11 is 0. The lowest BCUT2D eigenvalue weighted by atomic mass is 10.00. The number of benzene rings is 1. The fraction of sp³-hybridized carbons (Fsp3) is 0.133. The number of carbonyl (C=O) groups is 1. The molecule has 0 amide bonds. The number of hydrogen-bond acceptors (Lipinski definition) is 3. The van der Waals surface area contributed by atoms with Gasteiger partial charge in [-0.15, -0.1) is 5.10 Å². The van der Waals surface area contributed by atoms with E-state index in [0.717, 1.165) is 16.6 Å². The summed E-state index contributed by atoms with van der Waals surface area (Å²) in [5.74, 6) is -3.40. The molecule has 0 aliphatic carbocycles. The third-order valence-corrected chi connectivity index (χ3v) is 3.41. The number of carboxylic acid groups (broad SMARTS) is 1. The second kappa shape index (κ2) is 5.29. The van der Waals surface area contributed by atoms with Crippen molar-refractivity contribution in [3.05, 3.63) is 53.2 Å². The average molecular weight is 339 g/mol. The van der Waals surface area contributed by atoms with E-state index in [2.05, 4.69) is 10.1 Å². The van der Waals surface area contributed by atoms with E-state index in [-0.39, 0.29) is 11.3 Å². The minimum Gasteiger partial charge on any atom is -0.478 e. The molecule has 0 bridgehead atoms. The van der Waals surface area contributed by atoms with Gasteiger partial charge < -0.3 is 5.11 Å². The van der Waals surface area contributed by atoms with E-state index in [1.54, 1.807) is 0 Å². The molecule has 2 heterocycles. The lowest BCUT2D eigenvalue weighted by molar-refractivity contribution is -0.144. The number of hydrogen-bond donors (Lipinski definition) is 1. The fourth-order valence-corrected chi connectivity index (χ4v) is 2.37. The van der Waals surface area contributed by atoms with Gasteiger partial charge in [0.2, 0.25) is 0 Å². The van der Waals surface area contributed by atoms with Crippen LogP contribution in [0.4, 0.5) is 17.6 Å². The van der Waals surface area contributed by atoms with Crippen molar-refractivity contribution in [2.45, 2.75) is 13.1 Å². The van der Waals surface area contributed by atoms with Gasteiger partial charge in [-0.1, -0.05) is 12.1 Å². The highest BCUT2D eigenvalue weighted by Crippen LogP contribution is 2.31. The molecule has 0 aliphatic heterocycles. The van der Waals surface area contributed by atoms with Crippen LogP contribution in [0, 0.1) is 12.7 Å². The zero-order valence-corrected chi connectivity index (χ0v) is 12.1. The SMILES string of the molecule is Cc1cc(-c2ccc(F)cc2)c(C(=O)O)c2nc(C(F)(F)F)nn12. The number of rotatable bonds is 2. The van der Waals surface area contributed by atoms with Gasteiger partial charge in [-0.25, -0.2) is 18.7 Å². The molecule has 5 nitrogen and oxygen atoms in total. The summed E-state index contributed by atoms with van der Waals surface area (Å²) in [6.07, 6.45) is -4.80. The molecule has 24 heavy (non-hydrogen) atoms. The van der Waals surface area contributed by atoms with Crippen LogP contribution in [0.2, 0.25) is 0 Å². The van der Waals surface area contributed by atoms with E-state index in [9.17, 15) is 27.5 Å². The summed E-state index contributed by atoms with van der Waals surface area (Å²) in [5, 5.41) is 12.8. The van der Waals surface area contributed by atoms with Gasteiger partial charge in [-0.3, -0.25) is 0 Å². The molecule has 0 radical (unpaired) electrons. The molecular formula is C15H9F4N3O2. The number of pyridine rings is 1. The Morgan fingerprint density at radius 1 is 1.21 bits per heavy atom. The molecule has 0 atom stereocenters. The summed E-state index contributed by atoms with van der Waals surface area (Å²) in [6.45, 7) is 1.47. The van der Waals surface area contributed by atoms with Gasteiger partial charge in [0, 0.05) is 11.3 Å². The Hall–Kier alpha value is -2.97. The highest BCUT2D eigenvalue weighted by atomic mass is 19.4. The number of nitrogens with zero attached hydrogens (tertiary/aromatic N) is 3. The van der Waals surface area contributed by atoms with E-state index in [1.165, 1.54) is 25.1 Å². The van der Waals surface area contributed by atoms with E-state index in [4.69, 9.17) is 0 Å². The molecule has 3 rings (SSSR count). The first kappa shape index (κ1) is 15.9. The van der Waals surface area contributed by atoms with E-state index in [0.29, 0.717) is 5.56 Å². The van der Waals surface area contributed by atoms with Gasteiger partial charge in [0.15, 0.2) is 5.65 Å². The Bertz CT molecular complexity index is 946. The van der Waals surface area contributed by atoms with Crippen LogP contribution in [0.1, 0.15) is 21.9 Å². The first-order valence-electron chi connectivity index (χ1n) is 6.65. The lowest BCUT2D eigenvalue weighted by Crippen LogP contribution is -2.08. The van der Waals surface area contributed by atoms with Gasteiger partial charge in [-0.05, 0) is 30.7 Å². The van der Waals surface area contributed by atoms with Crippen LogP contribution in [0.5, 0.6) is 0 Å². The second-order valence-corrected chi connectivity index (χ2v) is 5.06. The Labute approximate surface area is 132 Å². The Kier molecular flexibility index (Phi) is 3.51. The zero-order chi connectivity index (χ0) is 17.6. The van der Waals surface area contributed by atoms with Crippen molar-refractivity contribution in [2.75, 3.05) is 0 Å². The molecule has 3 aromatic rings. The average Bonchev–Trinajstić information content (AvgIpc) is 2.93. The van der Waals surface area contributed by atoms with Gasteiger partial charge in [0.1, 0.15) is 11.4 Å². The number of aryl methyl sites for hydroxylation is 1. The normalized spacial score (nSPS) is 11.9. The Balaban J connectivity index is 2.36. The summed E-state index contributed by atoms with van der Waals surface area (Å²) in [5.41, 5.74) is -0.119. The molecule has 9 heteroatoms. The summed E-state index contributed by atoms with van der Waals surface area (Å²) in [6, 6.07) is 6.32. The molecule has 0 saturated carbocycles. The van der Waals surface area contributed by atoms with Crippen molar-refractivity contribution in [1.82, 2.24) is 14.6 Å². The molecular weight excluding hydrogens is 330 g/mol. The first-order chi connectivity index (χ1) is 11.2. The van der Waals surface area contributed by atoms with Crippen LogP contribution in [0.25, 0.3) is 16.8 Å². The van der Waals surface area contributed by atoms with Crippen molar-refractivity contribution in [1.29, 1.82) is 0 Å². The molecule has 0 fully saturated rings. The van der Waals surface area contributed by atoms with Gasteiger partial charge >= 0.3 is 12.1 Å². The van der Waals surface area contributed by atoms with Crippen LogP contribution in [-0.2, 0) is 6.18 Å². The largest absolute Gasteiger partial charge is 0.478 e. The monoisotopic (exact) mass is 339 g/mol. The van der Waals surface area contributed by atoms with Crippen LogP contribution in [0.15, 0.2) is 30.3 Å². The van der Waals surface area contributed by atoms with Crippen LogP contribution in [0.3, 0.4) is 0 Å². The van der Waals surface area contributed by atoms with Crippen molar-refractivity contribution >= 4 is 11.6 Å². The predicted molar refractivity (Wildman–Crippen MR) is 75.1 cm³/mol. The Morgan fingerprint density at radius 2 is 1.83 bits per heavy atom. The van der Waals surface area contributed by atoms with Crippen LogP contribution >= 0.6 is 0 Å². The molecule has 124 valence electrons. The molecule has 0 spiro atoms. The van der Waals surface area contributed by atoms with E-state index < -0.39 is 35.0 Å². The molecule has 0 saturated heterocycles. The predicted octanol–water partition coefficient (Wildman–Crippen LogP) is 3.56. The second-order valence-electron chi connectivity index (χ2n) is 5.06.